The second-order valence-corrected chi connectivity index (χ2v) is 4.90. The topological polar surface area (TPSA) is 125 Å². The maximum Gasteiger partial charge on any atom is 0.320 e. The van der Waals surface area contributed by atoms with Gasteiger partial charge < -0.3 is 21.1 Å². The number of nitrogens with one attached hydrogen (secondary N) is 1. The van der Waals surface area contributed by atoms with Crippen LogP contribution in [0.1, 0.15) is 12.8 Å². The Morgan fingerprint density at radius 2 is 2.16 bits per heavy atom. The highest BCUT2D eigenvalue weighted by Gasteiger charge is 2.09. The van der Waals surface area contributed by atoms with Crippen LogP contribution in [0.4, 0.5) is 0 Å². The van der Waals surface area contributed by atoms with Crippen molar-refractivity contribution in [2.45, 2.75) is 18.9 Å². The molecule has 8 nitrogen and oxygen atoms in total. The maximum absolute atomic E-state index is 10.1. The van der Waals surface area contributed by atoms with Gasteiger partial charge in [0, 0.05) is 13.1 Å². The molecule has 1 rings (SSSR count). The molecular formula is C10H22N4O4S. The van der Waals surface area contributed by atoms with E-state index in [1.54, 1.807) is 0 Å². The third-order valence-electron chi connectivity index (χ3n) is 2.52. The van der Waals surface area contributed by atoms with Gasteiger partial charge in [0.25, 0.3) is 0 Å². The lowest BCUT2D eigenvalue weighted by Crippen LogP contribution is -2.30. The number of carboxylic acids is 1. The molecule has 19 heavy (non-hydrogen) atoms. The van der Waals surface area contributed by atoms with Crippen molar-refractivity contribution >= 4 is 16.5 Å². The first kappa shape index (κ1) is 18.0. The minimum atomic E-state index is -2.47. The van der Waals surface area contributed by atoms with E-state index in [2.05, 4.69) is 21.6 Å². The van der Waals surface area contributed by atoms with Crippen molar-refractivity contribution in [1.29, 1.82) is 0 Å². The Hall–Kier alpha value is -1.03. The number of likely N-dealkylation sites (N-methyl/N-ethyl adjacent to an activating group) is 1. The number of carbonyl (C=O) groups is 1. The van der Waals surface area contributed by atoms with Gasteiger partial charge in [0.2, 0.25) is 0 Å². The quantitative estimate of drug-likeness (QED) is 0.592. The number of carboxylic acid groups (broad SMARTS) is 1. The largest absolute Gasteiger partial charge is 0.480 e. The van der Waals surface area contributed by atoms with Gasteiger partial charge in [0.1, 0.15) is 6.04 Å². The molecule has 112 valence electrons. The second kappa shape index (κ2) is 10.9. The van der Waals surface area contributed by atoms with E-state index in [4.69, 9.17) is 10.8 Å². The van der Waals surface area contributed by atoms with E-state index in [9.17, 15) is 13.2 Å². The van der Waals surface area contributed by atoms with Crippen molar-refractivity contribution in [3.05, 3.63) is 0 Å². The summed E-state index contributed by atoms with van der Waals surface area (Å²) in [6.45, 7) is 4.75. The molecule has 0 radical (unpaired) electrons. The van der Waals surface area contributed by atoms with Gasteiger partial charge in [0.15, 0.2) is 0 Å². The lowest BCUT2D eigenvalue weighted by molar-refractivity contribution is -0.138. The molecule has 0 aromatic rings. The summed E-state index contributed by atoms with van der Waals surface area (Å²) in [6.07, 6.45) is 1.33. The zero-order chi connectivity index (χ0) is 14.7. The first-order chi connectivity index (χ1) is 8.93. The Kier molecular flexibility index (Phi) is 10.3. The number of rotatable bonds is 4. The Labute approximate surface area is 114 Å². The Bertz CT molecular complexity index is 369. The molecular weight excluding hydrogens is 272 g/mol. The summed E-state index contributed by atoms with van der Waals surface area (Å²) < 4.78 is 22.6. The number of nitrogens with two attached hydrogens (primary N) is 1. The first-order valence-corrected chi connectivity index (χ1v) is 7.11. The Morgan fingerprint density at radius 1 is 1.47 bits per heavy atom. The zero-order valence-corrected chi connectivity index (χ0v) is 11.9. The monoisotopic (exact) mass is 294 g/mol. The van der Waals surface area contributed by atoms with E-state index in [1.165, 1.54) is 26.1 Å². The summed E-state index contributed by atoms with van der Waals surface area (Å²) >= 11 is 0. The van der Waals surface area contributed by atoms with Gasteiger partial charge in [-0.15, -0.1) is 0 Å². The van der Waals surface area contributed by atoms with Crippen LogP contribution in [0.15, 0.2) is 4.36 Å². The molecule has 0 aliphatic carbocycles. The van der Waals surface area contributed by atoms with Crippen LogP contribution in [0, 0.1) is 0 Å². The summed E-state index contributed by atoms with van der Waals surface area (Å²) in [5, 5.41) is 11.6. The van der Waals surface area contributed by atoms with Gasteiger partial charge in [-0.1, -0.05) is 0 Å². The van der Waals surface area contributed by atoms with E-state index >= 15 is 0 Å². The lowest BCUT2D eigenvalue weighted by Gasteiger charge is -2.09. The highest BCUT2D eigenvalue weighted by Crippen LogP contribution is 1.89. The van der Waals surface area contributed by atoms with E-state index < -0.39 is 22.5 Å². The zero-order valence-electron chi connectivity index (χ0n) is 11.1. The fourth-order valence-electron chi connectivity index (χ4n) is 1.37. The fourth-order valence-corrected chi connectivity index (χ4v) is 1.62. The van der Waals surface area contributed by atoms with Crippen molar-refractivity contribution in [2.24, 2.45) is 10.1 Å². The van der Waals surface area contributed by atoms with Crippen molar-refractivity contribution in [1.82, 2.24) is 10.2 Å². The minimum Gasteiger partial charge on any atom is -0.480 e. The summed E-state index contributed by atoms with van der Waals surface area (Å²) in [6, 6.07) is -1.04. The summed E-state index contributed by atoms with van der Waals surface area (Å²) in [5.41, 5.74) is 5.04. The molecule has 1 fully saturated rings. The van der Waals surface area contributed by atoms with Crippen molar-refractivity contribution in [2.75, 3.05) is 39.8 Å². The predicted molar refractivity (Wildman–Crippen MR) is 71.4 cm³/mol. The van der Waals surface area contributed by atoms with Crippen LogP contribution in [0.2, 0.25) is 0 Å². The van der Waals surface area contributed by atoms with Crippen LogP contribution in [0.5, 0.6) is 0 Å². The Morgan fingerprint density at radius 3 is 2.74 bits per heavy atom. The van der Waals surface area contributed by atoms with E-state index in [1.807, 2.05) is 0 Å². The minimum absolute atomic E-state index is 0.0311. The average Bonchev–Trinajstić information content (AvgIpc) is 2.57. The van der Waals surface area contributed by atoms with Crippen LogP contribution >= 0.6 is 0 Å². The highest BCUT2D eigenvalue weighted by molar-refractivity contribution is 7.61. The normalized spacial score (nSPS) is 17.6. The molecule has 1 unspecified atom stereocenters. The third-order valence-corrected chi connectivity index (χ3v) is 2.91. The fraction of sp³-hybridized carbons (Fsp3) is 0.900. The number of aliphatic carboxylic acids is 1. The number of hydrogen-bond acceptors (Lipinski definition) is 7. The highest BCUT2D eigenvalue weighted by atomic mass is 32.2. The van der Waals surface area contributed by atoms with E-state index in [0.717, 1.165) is 6.54 Å². The standard InChI is InChI=1S/C6H14N2.C4H8N2O4S/c1-8-5-2-3-7-4-6-8;5-3(4(7)8)1-2-6-11(9)10/h7H,2-6H2,1H3;3H,1-2,5H2,(H,7,8). The predicted octanol–water partition coefficient (Wildman–Crippen LogP) is -1.24. The molecule has 0 spiro atoms. The maximum atomic E-state index is 10.1. The Balaban J connectivity index is 0.000000356. The summed E-state index contributed by atoms with van der Waals surface area (Å²) in [4.78, 5) is 12.4. The van der Waals surface area contributed by atoms with Crippen LogP contribution < -0.4 is 11.1 Å². The van der Waals surface area contributed by atoms with Gasteiger partial charge in [-0.2, -0.15) is 12.8 Å². The first-order valence-electron chi connectivity index (χ1n) is 6.08. The average molecular weight is 294 g/mol. The molecule has 0 aromatic heterocycles. The van der Waals surface area contributed by atoms with Crippen molar-refractivity contribution < 1.29 is 18.3 Å². The van der Waals surface area contributed by atoms with E-state index in [-0.39, 0.29) is 13.0 Å². The van der Waals surface area contributed by atoms with Gasteiger partial charge in [-0.25, -0.2) is 0 Å². The van der Waals surface area contributed by atoms with Gasteiger partial charge in [-0.3, -0.25) is 4.79 Å². The van der Waals surface area contributed by atoms with Gasteiger partial charge >= 0.3 is 16.5 Å². The number of hydrogen-bond donors (Lipinski definition) is 3. The molecule has 1 saturated heterocycles. The molecule has 0 saturated carbocycles. The third kappa shape index (κ3) is 11.8. The summed E-state index contributed by atoms with van der Waals surface area (Å²) in [7, 11) is -0.295. The van der Waals surface area contributed by atoms with E-state index in [0.29, 0.717) is 0 Å². The molecule has 1 aliphatic rings. The molecule has 1 atom stereocenters. The molecule has 1 aliphatic heterocycles. The molecule has 0 bridgehead atoms. The van der Waals surface area contributed by atoms with Gasteiger partial charge in [-0.05, 0) is 33.0 Å². The van der Waals surface area contributed by atoms with Gasteiger partial charge in [0.05, 0.1) is 6.54 Å². The van der Waals surface area contributed by atoms with Crippen LogP contribution in [0.25, 0.3) is 0 Å². The van der Waals surface area contributed by atoms with Crippen molar-refractivity contribution in [3.63, 3.8) is 0 Å². The molecule has 9 heteroatoms. The SMILES string of the molecule is CN1CCCNCC1.NC(CCN=S(=O)=O)C(=O)O. The van der Waals surface area contributed by atoms with Crippen LogP contribution in [-0.2, 0) is 15.3 Å². The second-order valence-electron chi connectivity index (χ2n) is 4.21. The van der Waals surface area contributed by atoms with Crippen LogP contribution in [-0.4, -0.2) is 70.2 Å². The molecule has 0 amide bonds. The molecule has 1 heterocycles. The van der Waals surface area contributed by atoms with Crippen LogP contribution in [0.3, 0.4) is 0 Å². The summed E-state index contributed by atoms with van der Waals surface area (Å²) in [5.74, 6) is -1.16. The number of nitrogens with zero attached hydrogens (tertiary/aromatic N) is 2. The molecule has 4 N–H and O–H groups in total. The lowest BCUT2D eigenvalue weighted by atomic mass is 10.2. The van der Waals surface area contributed by atoms with Crippen molar-refractivity contribution in [3.8, 4) is 0 Å². The smallest absolute Gasteiger partial charge is 0.320 e. The molecule has 0 aromatic carbocycles.